The van der Waals surface area contributed by atoms with Crippen LogP contribution in [0.3, 0.4) is 0 Å². The van der Waals surface area contributed by atoms with Crippen LogP contribution in [0.1, 0.15) is 10.5 Å². The average Bonchev–Trinajstić information content (AvgIpc) is 3.04. The highest BCUT2D eigenvalue weighted by molar-refractivity contribution is 5.84. The molecule has 128 valence electrons. The number of rotatable bonds is 8. The number of carboxylic acids is 1. The molecular formula is C15H18N4O5. The molecule has 0 spiro atoms. The highest BCUT2D eigenvalue weighted by Gasteiger charge is 2.13. The van der Waals surface area contributed by atoms with Crippen molar-refractivity contribution < 1.29 is 24.2 Å². The van der Waals surface area contributed by atoms with Crippen LogP contribution in [0.4, 0.5) is 0 Å². The van der Waals surface area contributed by atoms with Crippen molar-refractivity contribution in [2.24, 2.45) is 0 Å². The number of methoxy groups -OCH3 is 1. The van der Waals surface area contributed by atoms with E-state index in [1.807, 2.05) is 0 Å². The first-order valence-corrected chi connectivity index (χ1v) is 7.14. The van der Waals surface area contributed by atoms with Crippen LogP contribution in [0.5, 0.6) is 11.5 Å². The average molecular weight is 334 g/mol. The van der Waals surface area contributed by atoms with Crippen LogP contribution in [-0.2, 0) is 11.3 Å². The van der Waals surface area contributed by atoms with E-state index >= 15 is 0 Å². The molecule has 24 heavy (non-hydrogen) atoms. The van der Waals surface area contributed by atoms with Crippen LogP contribution < -0.4 is 9.47 Å². The number of hydrogen-bond acceptors (Lipinski definition) is 6. The minimum Gasteiger partial charge on any atom is -0.497 e. The smallest absolute Gasteiger partial charge is 0.358 e. The standard InChI is InChI=1S/C15H18N4O5/c1-18(7-8-24-12-5-3-11(23-2)4-6-12)14(20)10-19-9-13(15(21)22)16-17-19/h3-6,9H,7-8,10H2,1-2H3,(H,21,22). The summed E-state index contributed by atoms with van der Waals surface area (Å²) in [6, 6.07) is 7.14. The van der Waals surface area contributed by atoms with Crippen LogP contribution in [0.25, 0.3) is 0 Å². The molecule has 0 saturated carbocycles. The second kappa shape index (κ2) is 7.95. The van der Waals surface area contributed by atoms with Gasteiger partial charge in [0.05, 0.1) is 19.9 Å². The van der Waals surface area contributed by atoms with Crippen molar-refractivity contribution in [2.75, 3.05) is 27.3 Å². The van der Waals surface area contributed by atoms with Gasteiger partial charge in [0.25, 0.3) is 0 Å². The lowest BCUT2D eigenvalue weighted by Gasteiger charge is -2.17. The van der Waals surface area contributed by atoms with Gasteiger partial charge in [-0.05, 0) is 24.3 Å². The molecule has 2 rings (SSSR count). The molecule has 0 aliphatic heterocycles. The largest absolute Gasteiger partial charge is 0.497 e. The predicted octanol–water partition coefficient (Wildman–Crippen LogP) is 0.522. The molecule has 0 bridgehead atoms. The molecule has 1 aromatic heterocycles. The van der Waals surface area contributed by atoms with Crippen molar-refractivity contribution in [3.63, 3.8) is 0 Å². The summed E-state index contributed by atoms with van der Waals surface area (Å²) in [5.74, 6) is 0.00680. The second-order valence-corrected chi connectivity index (χ2v) is 4.95. The Bertz CT molecular complexity index is 698. The summed E-state index contributed by atoms with van der Waals surface area (Å²) in [5.41, 5.74) is -0.201. The minimum absolute atomic E-state index is 0.0840. The van der Waals surface area contributed by atoms with Crippen molar-refractivity contribution in [3.8, 4) is 11.5 Å². The Labute approximate surface area is 138 Å². The van der Waals surface area contributed by atoms with Gasteiger partial charge in [0.2, 0.25) is 5.91 Å². The highest BCUT2D eigenvalue weighted by atomic mass is 16.5. The van der Waals surface area contributed by atoms with Crippen LogP contribution in [-0.4, -0.2) is 64.2 Å². The lowest BCUT2D eigenvalue weighted by atomic mass is 10.3. The Morgan fingerprint density at radius 3 is 2.50 bits per heavy atom. The third-order valence-corrected chi connectivity index (χ3v) is 3.24. The van der Waals surface area contributed by atoms with Crippen LogP contribution >= 0.6 is 0 Å². The maximum atomic E-state index is 12.0. The van der Waals surface area contributed by atoms with Gasteiger partial charge in [0.1, 0.15) is 24.7 Å². The van der Waals surface area contributed by atoms with Gasteiger partial charge in [-0.25, -0.2) is 9.48 Å². The van der Waals surface area contributed by atoms with E-state index in [1.54, 1.807) is 38.4 Å². The maximum Gasteiger partial charge on any atom is 0.358 e. The molecule has 9 nitrogen and oxygen atoms in total. The van der Waals surface area contributed by atoms with Crippen LogP contribution in [0, 0.1) is 0 Å². The first kappa shape index (κ1) is 17.3. The van der Waals surface area contributed by atoms with Gasteiger partial charge in [-0.1, -0.05) is 5.21 Å². The van der Waals surface area contributed by atoms with E-state index in [1.165, 1.54) is 15.8 Å². The molecule has 1 amide bonds. The Balaban J connectivity index is 1.77. The maximum absolute atomic E-state index is 12.0. The Hall–Kier alpha value is -3.10. The van der Waals surface area contributed by atoms with E-state index in [0.29, 0.717) is 18.9 Å². The number of carbonyl (C=O) groups excluding carboxylic acids is 1. The lowest BCUT2D eigenvalue weighted by molar-refractivity contribution is -0.131. The fraction of sp³-hybridized carbons (Fsp3) is 0.333. The molecule has 9 heteroatoms. The lowest BCUT2D eigenvalue weighted by Crippen LogP contribution is -2.33. The number of carbonyl (C=O) groups is 2. The van der Waals surface area contributed by atoms with Crippen molar-refractivity contribution in [1.82, 2.24) is 19.9 Å². The number of ether oxygens (including phenoxy) is 2. The Kier molecular flexibility index (Phi) is 5.72. The number of hydrogen-bond donors (Lipinski definition) is 1. The molecule has 2 aromatic rings. The van der Waals surface area contributed by atoms with Crippen molar-refractivity contribution in [1.29, 1.82) is 0 Å². The molecule has 0 atom stereocenters. The quantitative estimate of drug-likeness (QED) is 0.750. The van der Waals surface area contributed by atoms with Crippen molar-refractivity contribution >= 4 is 11.9 Å². The third kappa shape index (κ3) is 4.70. The highest BCUT2D eigenvalue weighted by Crippen LogP contribution is 2.16. The summed E-state index contributed by atoms with van der Waals surface area (Å²) in [6.45, 7) is 0.622. The fourth-order valence-electron chi connectivity index (χ4n) is 1.83. The SMILES string of the molecule is COc1ccc(OCCN(C)C(=O)Cn2cc(C(=O)O)nn2)cc1. The summed E-state index contributed by atoms with van der Waals surface area (Å²) in [5, 5.41) is 15.8. The first-order valence-electron chi connectivity index (χ1n) is 7.14. The van der Waals surface area contributed by atoms with E-state index in [2.05, 4.69) is 10.3 Å². The molecule has 0 aliphatic carbocycles. The summed E-state index contributed by atoms with van der Waals surface area (Å²) in [4.78, 5) is 24.2. The van der Waals surface area contributed by atoms with Gasteiger partial charge in [-0.2, -0.15) is 0 Å². The topological polar surface area (TPSA) is 107 Å². The van der Waals surface area contributed by atoms with Gasteiger partial charge in [0.15, 0.2) is 5.69 Å². The number of amides is 1. The number of nitrogens with zero attached hydrogens (tertiary/aromatic N) is 4. The normalized spacial score (nSPS) is 10.2. The fourth-order valence-corrected chi connectivity index (χ4v) is 1.83. The predicted molar refractivity (Wildman–Crippen MR) is 83.1 cm³/mol. The Morgan fingerprint density at radius 2 is 1.92 bits per heavy atom. The number of likely N-dealkylation sites (N-methyl/N-ethyl adjacent to an activating group) is 1. The summed E-state index contributed by atoms with van der Waals surface area (Å²) < 4.78 is 11.8. The summed E-state index contributed by atoms with van der Waals surface area (Å²) in [6.07, 6.45) is 1.21. The molecule has 1 aromatic carbocycles. The zero-order valence-electron chi connectivity index (χ0n) is 13.4. The number of aromatic nitrogens is 3. The number of aromatic carboxylic acids is 1. The third-order valence-electron chi connectivity index (χ3n) is 3.24. The van der Waals surface area contributed by atoms with Gasteiger partial charge in [-0.3, -0.25) is 4.79 Å². The van der Waals surface area contributed by atoms with E-state index < -0.39 is 5.97 Å². The van der Waals surface area contributed by atoms with Gasteiger partial charge >= 0.3 is 5.97 Å². The van der Waals surface area contributed by atoms with Crippen LogP contribution in [0.15, 0.2) is 30.5 Å². The van der Waals surface area contributed by atoms with Gasteiger partial charge < -0.3 is 19.5 Å². The molecule has 1 N–H and O–H groups in total. The second-order valence-electron chi connectivity index (χ2n) is 4.95. The first-order chi connectivity index (χ1) is 11.5. The summed E-state index contributed by atoms with van der Waals surface area (Å²) in [7, 11) is 3.22. The molecule has 1 heterocycles. The van der Waals surface area contributed by atoms with E-state index in [0.717, 1.165) is 5.75 Å². The van der Waals surface area contributed by atoms with E-state index in [-0.39, 0.29) is 18.1 Å². The van der Waals surface area contributed by atoms with Crippen molar-refractivity contribution in [2.45, 2.75) is 6.54 Å². The van der Waals surface area contributed by atoms with E-state index in [9.17, 15) is 9.59 Å². The van der Waals surface area contributed by atoms with Crippen LogP contribution in [0.2, 0.25) is 0 Å². The Morgan fingerprint density at radius 1 is 1.25 bits per heavy atom. The molecule has 0 unspecified atom stereocenters. The zero-order valence-corrected chi connectivity index (χ0v) is 13.4. The monoisotopic (exact) mass is 334 g/mol. The molecular weight excluding hydrogens is 316 g/mol. The molecule has 0 saturated heterocycles. The number of carboxylic acid groups (broad SMARTS) is 1. The number of benzene rings is 1. The van der Waals surface area contributed by atoms with Gasteiger partial charge in [0, 0.05) is 7.05 Å². The minimum atomic E-state index is -1.19. The van der Waals surface area contributed by atoms with Crippen molar-refractivity contribution in [3.05, 3.63) is 36.2 Å². The summed E-state index contributed by atoms with van der Waals surface area (Å²) >= 11 is 0. The zero-order chi connectivity index (χ0) is 17.5. The molecule has 0 fully saturated rings. The van der Waals surface area contributed by atoms with Gasteiger partial charge in [-0.15, -0.1) is 5.10 Å². The molecule has 0 radical (unpaired) electrons. The van der Waals surface area contributed by atoms with E-state index in [4.69, 9.17) is 14.6 Å². The molecule has 0 aliphatic rings.